The number of esters is 2. The second-order valence-corrected chi connectivity index (χ2v) is 8.44. The Morgan fingerprint density at radius 2 is 1.28 bits per heavy atom. The first kappa shape index (κ1) is 15.4. The Morgan fingerprint density at radius 3 is 1.88 bits per heavy atom. The molecule has 2 saturated carbocycles. The van der Waals surface area contributed by atoms with E-state index < -0.39 is 22.0 Å². The van der Waals surface area contributed by atoms with Crippen LogP contribution in [0.25, 0.3) is 0 Å². The molecule has 2 saturated heterocycles. The third-order valence-corrected chi connectivity index (χ3v) is 7.68. The Labute approximate surface area is 147 Å². The molecule has 4 nitrogen and oxygen atoms in total. The summed E-state index contributed by atoms with van der Waals surface area (Å²) in [7, 11) is 0. The molecule has 4 fully saturated rings. The van der Waals surface area contributed by atoms with Gasteiger partial charge in [-0.25, -0.2) is 0 Å². The zero-order valence-electron chi connectivity index (χ0n) is 14.7. The topological polar surface area (TPSA) is 52.6 Å². The van der Waals surface area contributed by atoms with Gasteiger partial charge in [-0.05, 0) is 32.6 Å². The lowest BCUT2D eigenvalue weighted by Gasteiger charge is -2.44. The van der Waals surface area contributed by atoms with Crippen LogP contribution >= 0.6 is 0 Å². The molecule has 0 bridgehead atoms. The molecule has 0 aromatic heterocycles. The molecule has 2 aliphatic heterocycles. The van der Waals surface area contributed by atoms with E-state index >= 15 is 0 Å². The highest BCUT2D eigenvalue weighted by Crippen LogP contribution is 2.74. The van der Waals surface area contributed by atoms with Crippen molar-refractivity contribution >= 4 is 11.9 Å². The summed E-state index contributed by atoms with van der Waals surface area (Å²) >= 11 is 0. The molecule has 4 aliphatic rings. The van der Waals surface area contributed by atoms with Gasteiger partial charge in [-0.3, -0.25) is 9.59 Å². The molecule has 2 heterocycles. The summed E-state index contributed by atoms with van der Waals surface area (Å²) in [6.45, 7) is 1.97. The molecule has 0 N–H and O–H groups in total. The highest BCUT2D eigenvalue weighted by Gasteiger charge is 2.86. The average Bonchev–Trinajstić information content (AvgIpc) is 3.35. The first-order valence-corrected chi connectivity index (χ1v) is 9.55. The average molecular weight is 340 g/mol. The Bertz CT molecular complexity index is 740. The maximum atomic E-state index is 13.2. The van der Waals surface area contributed by atoms with E-state index in [-0.39, 0.29) is 11.9 Å². The molecule has 25 heavy (non-hydrogen) atoms. The third-order valence-electron chi connectivity index (χ3n) is 7.68. The maximum absolute atomic E-state index is 13.2. The van der Waals surface area contributed by atoms with Crippen molar-refractivity contribution in [2.75, 3.05) is 0 Å². The molecule has 0 unspecified atom stereocenters. The van der Waals surface area contributed by atoms with Crippen molar-refractivity contribution < 1.29 is 19.1 Å². The summed E-state index contributed by atoms with van der Waals surface area (Å²) in [6, 6.07) is 9.88. The molecule has 4 heteroatoms. The Hall–Kier alpha value is -1.84. The van der Waals surface area contributed by atoms with Crippen molar-refractivity contribution in [2.45, 2.75) is 69.5 Å². The lowest BCUT2D eigenvalue weighted by Crippen LogP contribution is -2.57. The van der Waals surface area contributed by atoms with Crippen LogP contribution in [0.5, 0.6) is 0 Å². The van der Waals surface area contributed by atoms with Crippen LogP contribution in [0.2, 0.25) is 0 Å². The number of hydrogen-bond donors (Lipinski definition) is 0. The fraction of sp³-hybridized carbons (Fsp3) is 0.619. The minimum absolute atomic E-state index is 0.157. The summed E-state index contributed by atoms with van der Waals surface area (Å²) in [4.78, 5) is 26.5. The van der Waals surface area contributed by atoms with Crippen molar-refractivity contribution in [3.8, 4) is 0 Å². The smallest absolute Gasteiger partial charge is 0.317 e. The van der Waals surface area contributed by atoms with E-state index in [0.29, 0.717) is 0 Å². The van der Waals surface area contributed by atoms with E-state index in [1.165, 1.54) is 0 Å². The molecular formula is C21H24O4. The Kier molecular flexibility index (Phi) is 2.87. The van der Waals surface area contributed by atoms with Gasteiger partial charge >= 0.3 is 11.9 Å². The van der Waals surface area contributed by atoms with Crippen LogP contribution in [0, 0.1) is 10.8 Å². The van der Waals surface area contributed by atoms with E-state index in [9.17, 15) is 9.59 Å². The lowest BCUT2D eigenvalue weighted by atomic mass is 9.56. The van der Waals surface area contributed by atoms with Gasteiger partial charge in [0.2, 0.25) is 0 Å². The molecule has 0 radical (unpaired) electrons. The van der Waals surface area contributed by atoms with Crippen LogP contribution in [0.3, 0.4) is 0 Å². The molecule has 2 aliphatic carbocycles. The molecule has 2 atom stereocenters. The van der Waals surface area contributed by atoms with Crippen molar-refractivity contribution in [1.29, 1.82) is 0 Å². The van der Waals surface area contributed by atoms with Gasteiger partial charge in [0.05, 0.1) is 0 Å². The Balaban J connectivity index is 1.82. The molecule has 2 spiro atoms. The van der Waals surface area contributed by atoms with Crippen LogP contribution in [0.1, 0.15) is 63.9 Å². The minimum atomic E-state index is -0.990. The van der Waals surface area contributed by atoms with Crippen LogP contribution < -0.4 is 0 Å². The summed E-state index contributed by atoms with van der Waals surface area (Å²) in [5.74, 6) is -0.315. The van der Waals surface area contributed by atoms with Gasteiger partial charge < -0.3 is 9.47 Å². The fourth-order valence-electron chi connectivity index (χ4n) is 6.49. The molecule has 5 rings (SSSR count). The Morgan fingerprint density at radius 1 is 0.760 bits per heavy atom. The zero-order valence-corrected chi connectivity index (χ0v) is 14.7. The van der Waals surface area contributed by atoms with Gasteiger partial charge in [0.25, 0.3) is 0 Å². The highest BCUT2D eigenvalue weighted by atomic mass is 16.6. The minimum Gasteiger partial charge on any atom is -0.453 e. The number of rotatable bonds is 1. The van der Waals surface area contributed by atoms with Crippen molar-refractivity contribution in [3.05, 3.63) is 35.9 Å². The van der Waals surface area contributed by atoms with Gasteiger partial charge in [0, 0.05) is 5.56 Å². The van der Waals surface area contributed by atoms with Crippen molar-refractivity contribution in [2.24, 2.45) is 10.8 Å². The van der Waals surface area contributed by atoms with Gasteiger partial charge in [0.1, 0.15) is 10.8 Å². The van der Waals surface area contributed by atoms with E-state index in [1.807, 2.05) is 37.3 Å². The molecular weight excluding hydrogens is 316 g/mol. The van der Waals surface area contributed by atoms with Crippen molar-refractivity contribution in [3.63, 3.8) is 0 Å². The second kappa shape index (κ2) is 4.66. The van der Waals surface area contributed by atoms with E-state index in [1.54, 1.807) is 0 Å². The standard InChI is InChI=1S/C21H24O4/c1-18-19(11-5-6-12-19)16(22)25-21(18,15-9-3-2-4-10-15)20(17(23)24-18)13-7-8-14-20/h2-4,9-10H,5-8,11-14H2,1H3/t18-,21+/m1/s1. The summed E-state index contributed by atoms with van der Waals surface area (Å²) in [6.07, 6.45) is 6.90. The summed E-state index contributed by atoms with van der Waals surface area (Å²) in [5, 5.41) is 0. The van der Waals surface area contributed by atoms with Gasteiger partial charge in [-0.15, -0.1) is 0 Å². The number of carbonyl (C=O) groups is 2. The van der Waals surface area contributed by atoms with Crippen molar-refractivity contribution in [1.82, 2.24) is 0 Å². The first-order chi connectivity index (χ1) is 12.0. The summed E-state index contributed by atoms with van der Waals surface area (Å²) in [5.41, 5.74) is -2.41. The number of fused-ring (bicyclic) bond motifs is 3. The van der Waals surface area contributed by atoms with E-state index in [0.717, 1.165) is 56.9 Å². The maximum Gasteiger partial charge on any atom is 0.317 e. The van der Waals surface area contributed by atoms with Gasteiger partial charge in [-0.2, -0.15) is 0 Å². The quantitative estimate of drug-likeness (QED) is 0.728. The number of ether oxygens (including phenoxy) is 2. The van der Waals surface area contributed by atoms with Crippen LogP contribution in [-0.4, -0.2) is 17.5 Å². The van der Waals surface area contributed by atoms with Crippen LogP contribution in [0.15, 0.2) is 30.3 Å². The molecule has 0 amide bonds. The van der Waals surface area contributed by atoms with Gasteiger partial charge in [-0.1, -0.05) is 56.0 Å². The SMILES string of the molecule is C[C@]12OC(=O)C3(CCCC3)[C@@]1(c1ccccc1)OC(=O)C21CCCC1. The van der Waals surface area contributed by atoms with Gasteiger partial charge in [0.15, 0.2) is 11.2 Å². The van der Waals surface area contributed by atoms with Crippen LogP contribution in [-0.2, 0) is 24.7 Å². The highest BCUT2D eigenvalue weighted by molar-refractivity contribution is 5.92. The number of hydrogen-bond acceptors (Lipinski definition) is 4. The zero-order chi connectivity index (χ0) is 17.3. The largest absolute Gasteiger partial charge is 0.453 e. The second-order valence-electron chi connectivity index (χ2n) is 8.44. The lowest BCUT2D eigenvalue weighted by molar-refractivity contribution is -0.169. The molecule has 1 aromatic carbocycles. The fourth-order valence-corrected chi connectivity index (χ4v) is 6.49. The van der Waals surface area contributed by atoms with Crippen LogP contribution in [0.4, 0.5) is 0 Å². The van der Waals surface area contributed by atoms with E-state index in [4.69, 9.17) is 9.47 Å². The monoisotopic (exact) mass is 340 g/mol. The third kappa shape index (κ3) is 1.44. The number of benzene rings is 1. The van der Waals surface area contributed by atoms with E-state index in [2.05, 4.69) is 0 Å². The molecule has 1 aromatic rings. The first-order valence-electron chi connectivity index (χ1n) is 9.55. The normalized spacial score (nSPS) is 37.5. The number of carbonyl (C=O) groups excluding carboxylic acids is 2. The predicted octanol–water partition coefficient (Wildman–Crippen LogP) is 3.88. The molecule has 132 valence electrons. The summed E-state index contributed by atoms with van der Waals surface area (Å²) < 4.78 is 12.5. The predicted molar refractivity (Wildman–Crippen MR) is 90.5 cm³/mol.